The third kappa shape index (κ3) is 2.06. The van der Waals surface area contributed by atoms with Crippen molar-refractivity contribution in [3.05, 3.63) is 42.5 Å². The molecule has 1 unspecified atom stereocenters. The van der Waals surface area contributed by atoms with Gasteiger partial charge in [-0.2, -0.15) is 0 Å². The second-order valence-electron chi connectivity index (χ2n) is 4.04. The van der Waals surface area contributed by atoms with Crippen LogP contribution in [-0.2, 0) is 4.79 Å². The molecule has 0 saturated carbocycles. The summed E-state index contributed by atoms with van der Waals surface area (Å²) in [4.78, 5) is 24.9. The Kier molecular flexibility index (Phi) is 2.95. The Bertz CT molecular complexity index is 482. The zero-order valence-corrected chi connectivity index (χ0v) is 9.64. The van der Waals surface area contributed by atoms with Crippen LogP contribution in [0.1, 0.15) is 12.0 Å². The van der Waals surface area contributed by atoms with E-state index in [1.54, 1.807) is 12.1 Å². The molecule has 1 aromatic rings. The minimum atomic E-state index is -0.486. The molecule has 1 N–H and O–H groups in total. The van der Waals surface area contributed by atoms with Crippen LogP contribution < -0.4 is 10.2 Å². The van der Waals surface area contributed by atoms with Crippen LogP contribution in [0, 0.1) is 6.92 Å². The Labute approximate surface area is 99.9 Å². The average molecular weight is 230 g/mol. The molecule has 3 amide bonds. The predicted molar refractivity (Wildman–Crippen MR) is 65.8 cm³/mol. The fraction of sp³-hybridized carbons (Fsp3) is 0.231. The number of hydrogen-bond acceptors (Lipinski definition) is 2. The number of urea groups is 1. The molecule has 1 aromatic carbocycles. The Morgan fingerprint density at radius 2 is 2.24 bits per heavy atom. The van der Waals surface area contributed by atoms with Crippen molar-refractivity contribution in [2.75, 3.05) is 4.90 Å². The van der Waals surface area contributed by atoms with E-state index in [-0.39, 0.29) is 11.9 Å². The largest absolute Gasteiger partial charge is 0.329 e. The average Bonchev–Trinajstić information content (AvgIpc) is 2.55. The van der Waals surface area contributed by atoms with Gasteiger partial charge in [-0.05, 0) is 31.0 Å². The summed E-state index contributed by atoms with van der Waals surface area (Å²) in [6.45, 7) is 5.49. The molecule has 88 valence electrons. The zero-order valence-electron chi connectivity index (χ0n) is 9.64. The van der Waals surface area contributed by atoms with Crippen LogP contribution >= 0.6 is 0 Å². The van der Waals surface area contributed by atoms with Gasteiger partial charge in [-0.15, -0.1) is 6.58 Å². The smallest absolute Gasteiger partial charge is 0.325 e. The highest BCUT2D eigenvalue weighted by Crippen LogP contribution is 2.21. The number of carbonyl (C=O) groups excluding carboxylic acids is 2. The van der Waals surface area contributed by atoms with E-state index in [9.17, 15) is 9.59 Å². The number of carbonyl (C=O) groups is 2. The normalized spacial score (nSPS) is 19.4. The molecular formula is C13H14N2O2. The zero-order chi connectivity index (χ0) is 12.4. The highest BCUT2D eigenvalue weighted by molar-refractivity contribution is 6.21. The molecule has 0 aliphatic carbocycles. The van der Waals surface area contributed by atoms with E-state index in [0.29, 0.717) is 12.1 Å². The van der Waals surface area contributed by atoms with Gasteiger partial charge < -0.3 is 5.32 Å². The Morgan fingerprint density at radius 1 is 1.47 bits per heavy atom. The summed E-state index contributed by atoms with van der Waals surface area (Å²) in [5, 5.41) is 2.64. The van der Waals surface area contributed by atoms with E-state index < -0.39 is 6.04 Å². The van der Waals surface area contributed by atoms with Crippen LogP contribution in [0.5, 0.6) is 0 Å². The summed E-state index contributed by atoms with van der Waals surface area (Å²) in [7, 11) is 0. The molecule has 0 spiro atoms. The molecule has 0 aromatic heterocycles. The number of rotatable bonds is 3. The van der Waals surface area contributed by atoms with E-state index in [2.05, 4.69) is 11.9 Å². The van der Waals surface area contributed by atoms with Crippen LogP contribution in [-0.4, -0.2) is 18.0 Å². The molecule has 1 saturated heterocycles. The topological polar surface area (TPSA) is 49.4 Å². The molecule has 1 aliphatic heterocycles. The van der Waals surface area contributed by atoms with E-state index in [1.165, 1.54) is 4.90 Å². The molecule has 0 bridgehead atoms. The first-order chi connectivity index (χ1) is 8.13. The van der Waals surface area contributed by atoms with Crippen molar-refractivity contribution in [2.45, 2.75) is 19.4 Å². The molecule has 4 heteroatoms. The predicted octanol–water partition coefficient (Wildman–Crippen LogP) is 2.00. The molecule has 4 nitrogen and oxygen atoms in total. The lowest BCUT2D eigenvalue weighted by Crippen LogP contribution is -2.31. The lowest BCUT2D eigenvalue weighted by molar-refractivity contribution is -0.118. The number of aryl methyl sites for hydroxylation is 1. The molecule has 17 heavy (non-hydrogen) atoms. The lowest BCUT2D eigenvalue weighted by atomic mass is 10.2. The van der Waals surface area contributed by atoms with E-state index >= 15 is 0 Å². The minimum Gasteiger partial charge on any atom is -0.325 e. The van der Waals surface area contributed by atoms with Gasteiger partial charge in [0.15, 0.2) is 0 Å². The van der Waals surface area contributed by atoms with Crippen LogP contribution in [0.2, 0.25) is 0 Å². The molecule has 0 radical (unpaired) electrons. The number of nitrogens with zero attached hydrogens (tertiary/aromatic N) is 1. The summed E-state index contributed by atoms with van der Waals surface area (Å²) >= 11 is 0. The number of imide groups is 1. The highest BCUT2D eigenvalue weighted by Gasteiger charge is 2.38. The van der Waals surface area contributed by atoms with E-state index in [0.717, 1.165) is 5.56 Å². The van der Waals surface area contributed by atoms with Crippen molar-refractivity contribution in [2.24, 2.45) is 0 Å². The van der Waals surface area contributed by atoms with Crippen LogP contribution in [0.15, 0.2) is 36.9 Å². The number of benzene rings is 1. The van der Waals surface area contributed by atoms with E-state index in [4.69, 9.17) is 0 Å². The van der Waals surface area contributed by atoms with Crippen LogP contribution in [0.25, 0.3) is 0 Å². The monoisotopic (exact) mass is 230 g/mol. The first kappa shape index (κ1) is 11.4. The molecule has 2 rings (SSSR count). The summed E-state index contributed by atoms with van der Waals surface area (Å²) in [6.07, 6.45) is 2.08. The van der Waals surface area contributed by atoms with Gasteiger partial charge in [-0.3, -0.25) is 4.79 Å². The molecule has 1 atom stereocenters. The molecule has 1 aliphatic rings. The van der Waals surface area contributed by atoms with Gasteiger partial charge in [0.2, 0.25) is 0 Å². The Morgan fingerprint density at radius 3 is 2.88 bits per heavy atom. The molecular weight excluding hydrogens is 216 g/mol. The molecule has 1 fully saturated rings. The van der Waals surface area contributed by atoms with Gasteiger partial charge >= 0.3 is 6.03 Å². The maximum atomic E-state index is 12.0. The van der Waals surface area contributed by atoms with Crippen molar-refractivity contribution >= 4 is 17.6 Å². The number of anilines is 1. The number of amides is 3. The van der Waals surface area contributed by atoms with Gasteiger partial charge in [0.25, 0.3) is 5.91 Å². The fourth-order valence-electron chi connectivity index (χ4n) is 1.87. The summed E-state index contributed by atoms with van der Waals surface area (Å²) < 4.78 is 0. The maximum Gasteiger partial charge on any atom is 0.329 e. The minimum absolute atomic E-state index is 0.222. The fourth-order valence-corrected chi connectivity index (χ4v) is 1.87. The standard InChI is InChI=1S/C13H14N2O2/c1-3-5-11-12(16)15(13(17)14-11)10-7-4-6-9(2)8-10/h3-4,6-8,11H,1,5H2,2H3,(H,14,17). The Hall–Kier alpha value is -2.10. The first-order valence-corrected chi connectivity index (χ1v) is 5.45. The van der Waals surface area contributed by atoms with Crippen molar-refractivity contribution in [3.63, 3.8) is 0 Å². The van der Waals surface area contributed by atoms with Crippen molar-refractivity contribution in [1.82, 2.24) is 5.32 Å². The lowest BCUT2D eigenvalue weighted by Gasteiger charge is -2.13. The van der Waals surface area contributed by atoms with Crippen LogP contribution in [0.3, 0.4) is 0 Å². The van der Waals surface area contributed by atoms with Gasteiger partial charge in [0, 0.05) is 0 Å². The SMILES string of the molecule is C=CCC1NC(=O)N(c2cccc(C)c2)C1=O. The maximum absolute atomic E-state index is 12.0. The molecule has 1 heterocycles. The van der Waals surface area contributed by atoms with Gasteiger partial charge in [0.1, 0.15) is 6.04 Å². The highest BCUT2D eigenvalue weighted by atomic mass is 16.2. The third-order valence-corrected chi connectivity index (χ3v) is 2.68. The van der Waals surface area contributed by atoms with Gasteiger partial charge in [-0.25, -0.2) is 9.69 Å². The van der Waals surface area contributed by atoms with Gasteiger partial charge in [-0.1, -0.05) is 18.2 Å². The van der Waals surface area contributed by atoms with Crippen molar-refractivity contribution < 1.29 is 9.59 Å². The number of hydrogen-bond donors (Lipinski definition) is 1. The van der Waals surface area contributed by atoms with Crippen molar-refractivity contribution in [1.29, 1.82) is 0 Å². The van der Waals surface area contributed by atoms with Crippen LogP contribution in [0.4, 0.5) is 10.5 Å². The van der Waals surface area contributed by atoms with Gasteiger partial charge in [0.05, 0.1) is 5.69 Å². The second kappa shape index (κ2) is 4.41. The summed E-state index contributed by atoms with van der Waals surface area (Å²) in [5.74, 6) is -0.222. The summed E-state index contributed by atoms with van der Waals surface area (Å²) in [6, 6.07) is 6.46. The second-order valence-corrected chi connectivity index (χ2v) is 4.04. The number of nitrogens with one attached hydrogen (secondary N) is 1. The third-order valence-electron chi connectivity index (χ3n) is 2.68. The first-order valence-electron chi connectivity index (χ1n) is 5.45. The van der Waals surface area contributed by atoms with Crippen molar-refractivity contribution in [3.8, 4) is 0 Å². The Balaban J connectivity index is 2.30. The summed E-state index contributed by atoms with van der Waals surface area (Å²) in [5.41, 5.74) is 1.62. The van der Waals surface area contributed by atoms with E-state index in [1.807, 2.05) is 25.1 Å². The quantitative estimate of drug-likeness (QED) is 0.637.